The summed E-state index contributed by atoms with van der Waals surface area (Å²) in [6, 6.07) is 49.4. The van der Waals surface area contributed by atoms with Gasteiger partial charge in [0.2, 0.25) is 0 Å². The van der Waals surface area contributed by atoms with Gasteiger partial charge in [-0.3, -0.25) is 0 Å². The van der Waals surface area contributed by atoms with Crippen LogP contribution in [0.1, 0.15) is 129 Å². The standard InChI is InChI=1S/C55H62.2CH3.Hf/c1-51(2,3)41-27-39(28-42(31-41)52(4,5)6)47-23-17-21-37-25-45(33-49(37)47)55(13,35-36-19-15-14-16-20-36)46-26-38-22-18-24-48(50(38)34-46)40-29-43(53(7,8)9)32-44(30-40)54(10,11)12;;;/h14-34H,35H2,1-13H3;2*1H3;/q-2;2*-1;+4. The van der Waals surface area contributed by atoms with Gasteiger partial charge in [0.05, 0.1) is 0 Å². The number of fused-ring (bicyclic) bond motifs is 2. The second-order valence-electron chi connectivity index (χ2n) is 20.7. The van der Waals surface area contributed by atoms with Crippen molar-refractivity contribution in [2.75, 3.05) is 0 Å². The summed E-state index contributed by atoms with van der Waals surface area (Å²) in [5.41, 5.74) is 14.8. The van der Waals surface area contributed by atoms with E-state index in [4.69, 9.17) is 0 Å². The van der Waals surface area contributed by atoms with Crippen molar-refractivity contribution in [1.82, 2.24) is 0 Å². The third-order valence-electron chi connectivity index (χ3n) is 12.1. The van der Waals surface area contributed by atoms with Crippen molar-refractivity contribution in [3.63, 3.8) is 0 Å². The molecule has 58 heavy (non-hydrogen) atoms. The van der Waals surface area contributed by atoms with Crippen LogP contribution in [0.2, 0.25) is 0 Å². The zero-order valence-corrected chi connectivity index (χ0v) is 41.9. The summed E-state index contributed by atoms with van der Waals surface area (Å²) in [6.07, 6.45) is 0.909. The molecule has 0 saturated heterocycles. The molecule has 0 aromatic heterocycles. The van der Waals surface area contributed by atoms with Crippen LogP contribution in [0, 0.1) is 14.9 Å². The van der Waals surface area contributed by atoms with Gasteiger partial charge in [0, 0.05) is 0 Å². The molecule has 0 unspecified atom stereocenters. The molecule has 0 aliphatic carbocycles. The first kappa shape index (κ1) is 46.9. The maximum absolute atomic E-state index is 2.51. The van der Waals surface area contributed by atoms with Crippen LogP contribution in [-0.4, -0.2) is 0 Å². The molecular formula is C57H68Hf. The van der Waals surface area contributed by atoms with Gasteiger partial charge >= 0.3 is 25.8 Å². The Morgan fingerprint density at radius 2 is 0.741 bits per heavy atom. The summed E-state index contributed by atoms with van der Waals surface area (Å²) >= 11 is 0. The zero-order valence-electron chi connectivity index (χ0n) is 38.3. The van der Waals surface area contributed by atoms with Crippen LogP contribution in [0.25, 0.3) is 43.8 Å². The fourth-order valence-corrected chi connectivity index (χ4v) is 8.28. The smallest absolute Gasteiger partial charge is 0.358 e. The van der Waals surface area contributed by atoms with Crippen LogP contribution in [-0.2, 0) is 59.3 Å². The van der Waals surface area contributed by atoms with Crippen molar-refractivity contribution >= 4 is 21.5 Å². The summed E-state index contributed by atoms with van der Waals surface area (Å²) in [5, 5.41) is 5.26. The van der Waals surface area contributed by atoms with Crippen LogP contribution in [0.3, 0.4) is 0 Å². The SMILES string of the molecule is CC(C)(C)c1cc(-c2cccc3[cH-]c(C(C)(Cc4ccccc4)c4cc5c(-c6cc(C(C)(C)C)cc(C(C)(C)C)c6)cccc5[cH-]4)cc23)cc(C(C)(C)C)c1.[CH3-].[CH3-].[Hf+4]. The van der Waals surface area contributed by atoms with Crippen LogP contribution < -0.4 is 0 Å². The van der Waals surface area contributed by atoms with E-state index in [2.05, 4.69) is 217 Å². The molecule has 0 bridgehead atoms. The maximum atomic E-state index is 2.51. The van der Waals surface area contributed by atoms with Crippen LogP contribution in [0.15, 0.2) is 127 Å². The topological polar surface area (TPSA) is 0 Å². The molecule has 7 aromatic carbocycles. The van der Waals surface area contributed by atoms with Gasteiger partial charge in [-0.2, -0.15) is 12.1 Å². The molecule has 0 heterocycles. The van der Waals surface area contributed by atoms with Crippen molar-refractivity contribution in [1.29, 1.82) is 0 Å². The van der Waals surface area contributed by atoms with E-state index in [9.17, 15) is 0 Å². The van der Waals surface area contributed by atoms with E-state index >= 15 is 0 Å². The number of benzene rings is 5. The van der Waals surface area contributed by atoms with Gasteiger partial charge in [0.1, 0.15) is 0 Å². The monoisotopic (exact) mass is 932 g/mol. The van der Waals surface area contributed by atoms with Crippen molar-refractivity contribution in [3.8, 4) is 22.3 Å². The molecule has 0 radical (unpaired) electrons. The Bertz CT molecular complexity index is 2270. The van der Waals surface area contributed by atoms with Crippen LogP contribution in [0.4, 0.5) is 0 Å². The van der Waals surface area contributed by atoms with Gasteiger partial charge < -0.3 is 14.9 Å². The Hall–Kier alpha value is -3.81. The summed E-state index contributed by atoms with van der Waals surface area (Å²) in [7, 11) is 0. The fourth-order valence-electron chi connectivity index (χ4n) is 8.28. The summed E-state index contributed by atoms with van der Waals surface area (Å²) in [4.78, 5) is 0. The van der Waals surface area contributed by atoms with E-state index in [0.29, 0.717) is 0 Å². The molecule has 7 rings (SSSR count). The largest absolute Gasteiger partial charge is 4.00 e. The van der Waals surface area contributed by atoms with E-state index < -0.39 is 0 Å². The number of hydrogen-bond acceptors (Lipinski definition) is 0. The summed E-state index contributed by atoms with van der Waals surface area (Å²) in [6.45, 7) is 30.4. The average Bonchev–Trinajstić information content (AvgIpc) is 3.76. The molecule has 1 heteroatoms. The van der Waals surface area contributed by atoms with E-state index in [1.165, 1.54) is 82.7 Å². The molecule has 0 saturated carbocycles. The minimum atomic E-state index is -0.262. The van der Waals surface area contributed by atoms with Crippen molar-refractivity contribution in [2.24, 2.45) is 0 Å². The molecule has 0 nitrogen and oxygen atoms in total. The Morgan fingerprint density at radius 1 is 0.397 bits per heavy atom. The van der Waals surface area contributed by atoms with Gasteiger partial charge in [-0.25, -0.2) is 0 Å². The van der Waals surface area contributed by atoms with E-state index in [-0.39, 0.29) is 67.8 Å². The molecule has 0 N–H and O–H groups in total. The van der Waals surface area contributed by atoms with Crippen LogP contribution in [0.5, 0.6) is 0 Å². The normalized spacial score (nSPS) is 12.6. The Labute approximate surface area is 372 Å². The molecule has 7 aromatic rings. The van der Waals surface area contributed by atoms with E-state index in [0.717, 1.165) is 6.42 Å². The molecule has 0 amide bonds. The number of rotatable bonds is 6. The van der Waals surface area contributed by atoms with Crippen molar-refractivity contribution in [2.45, 2.75) is 124 Å². The molecule has 0 spiro atoms. The molecule has 0 aliphatic heterocycles. The quantitative estimate of drug-likeness (QED) is 0.115. The summed E-state index contributed by atoms with van der Waals surface area (Å²) < 4.78 is 0. The molecule has 0 atom stereocenters. The predicted molar refractivity (Wildman–Crippen MR) is 254 cm³/mol. The van der Waals surface area contributed by atoms with Crippen molar-refractivity contribution in [3.05, 3.63) is 181 Å². The van der Waals surface area contributed by atoms with Gasteiger partial charge in [-0.15, -0.1) is 69.1 Å². The first-order chi connectivity index (χ1) is 25.6. The third kappa shape index (κ3) is 9.31. The average molecular weight is 932 g/mol. The second-order valence-corrected chi connectivity index (χ2v) is 20.7. The van der Waals surface area contributed by atoms with Gasteiger partial charge in [0.25, 0.3) is 0 Å². The van der Waals surface area contributed by atoms with E-state index in [1.807, 2.05) is 0 Å². The number of hydrogen-bond donors (Lipinski definition) is 0. The minimum absolute atomic E-state index is 0. The van der Waals surface area contributed by atoms with Gasteiger partial charge in [-0.05, 0) is 72.4 Å². The predicted octanol–water partition coefficient (Wildman–Crippen LogP) is 16.4. The first-order valence-electron chi connectivity index (χ1n) is 20.4. The van der Waals surface area contributed by atoms with Gasteiger partial charge in [0.15, 0.2) is 0 Å². The van der Waals surface area contributed by atoms with E-state index in [1.54, 1.807) is 0 Å². The minimum Gasteiger partial charge on any atom is -0.358 e. The third-order valence-corrected chi connectivity index (χ3v) is 12.1. The van der Waals surface area contributed by atoms with Gasteiger partial charge in [-0.1, -0.05) is 180 Å². The Kier molecular flexibility index (Phi) is 13.5. The zero-order chi connectivity index (χ0) is 39.7. The Balaban J connectivity index is 0.00000248. The Morgan fingerprint density at radius 3 is 1.07 bits per heavy atom. The molecule has 300 valence electrons. The molecule has 0 aliphatic rings. The molecule has 0 fully saturated rings. The summed E-state index contributed by atoms with van der Waals surface area (Å²) in [5.74, 6) is 0. The fraction of sp³-hybridized carbons (Fsp3) is 0.333. The second kappa shape index (κ2) is 16.7. The first-order valence-corrected chi connectivity index (χ1v) is 20.4. The molecular weight excluding hydrogens is 863 g/mol. The maximum Gasteiger partial charge on any atom is 4.00 e. The van der Waals surface area contributed by atoms with Crippen LogP contribution >= 0.6 is 0 Å². The van der Waals surface area contributed by atoms with Crippen molar-refractivity contribution < 1.29 is 25.8 Å².